The van der Waals surface area contributed by atoms with Crippen molar-refractivity contribution < 1.29 is 38.2 Å². The third-order valence-electron chi connectivity index (χ3n) is 10.7. The molecule has 0 aliphatic carbocycles. The standard InChI is InChI=1S/C52H91NO7/c1-6-8-10-12-14-16-18-20-21-22-23-24-25-26-27-28-29-31-32-34-36-38-40-42-50(54)59-47-48(46-58-45-44-49(52(56)57)53(3,4)5)60-51(55)43-41-39-37-35-33-30-19-17-15-13-11-9-7-2/h9,11,13,15,17,19,26-27,30,33,48-49H,6-8,10,12,14,16,18,20-25,28-29,31-32,34-47H2,1-5H3/p+1/b11-9+,15-13+,19-17+,27-26+,33-30+. The zero-order chi connectivity index (χ0) is 44.2. The number of carbonyl (C=O) groups is 3. The van der Waals surface area contributed by atoms with E-state index in [-0.39, 0.29) is 42.7 Å². The number of carboxylic acid groups (broad SMARTS) is 1. The molecule has 2 unspecified atom stereocenters. The van der Waals surface area contributed by atoms with Gasteiger partial charge in [-0.3, -0.25) is 9.59 Å². The van der Waals surface area contributed by atoms with Gasteiger partial charge in [0.05, 0.1) is 34.4 Å². The molecule has 0 amide bonds. The molecule has 1 N–H and O–H groups in total. The summed E-state index contributed by atoms with van der Waals surface area (Å²) in [6.07, 6.45) is 52.8. The second kappa shape index (κ2) is 42.7. The van der Waals surface area contributed by atoms with Crippen molar-refractivity contribution >= 4 is 17.9 Å². The molecule has 8 heteroatoms. The molecule has 0 aromatic rings. The Morgan fingerprint density at radius 2 is 0.950 bits per heavy atom. The SMILES string of the molecule is CC/C=C/C=C/C=C/C=C/CCCCCC(=O)OC(COCCC(C(=O)O)[N+](C)(C)C)COC(=O)CCCCCCCCC/C=C/CCCCCCCCCCCCCC. The number of likely N-dealkylation sites (N-methyl/N-ethyl adjacent to an activating group) is 1. The summed E-state index contributed by atoms with van der Waals surface area (Å²) in [4.78, 5) is 37.0. The first-order valence-electron chi connectivity index (χ1n) is 24.4. The topological polar surface area (TPSA) is 99.1 Å². The van der Waals surface area contributed by atoms with Crippen molar-refractivity contribution in [1.29, 1.82) is 0 Å². The third-order valence-corrected chi connectivity index (χ3v) is 10.7. The average molecular weight is 843 g/mol. The summed E-state index contributed by atoms with van der Waals surface area (Å²) in [5, 5.41) is 9.63. The Labute approximate surface area is 368 Å². The van der Waals surface area contributed by atoms with E-state index in [0.717, 1.165) is 44.9 Å². The van der Waals surface area contributed by atoms with Gasteiger partial charge in [-0.2, -0.15) is 0 Å². The minimum atomic E-state index is -0.884. The van der Waals surface area contributed by atoms with Crippen molar-refractivity contribution in [1.82, 2.24) is 0 Å². The Kier molecular flexibility index (Phi) is 40.6. The van der Waals surface area contributed by atoms with Crippen molar-refractivity contribution in [2.24, 2.45) is 0 Å². The van der Waals surface area contributed by atoms with Crippen LogP contribution < -0.4 is 0 Å². The molecule has 346 valence electrons. The Hall–Kier alpha value is -2.97. The lowest BCUT2D eigenvalue weighted by Crippen LogP contribution is -2.50. The maximum atomic E-state index is 12.7. The lowest BCUT2D eigenvalue weighted by molar-refractivity contribution is -0.887. The minimum absolute atomic E-state index is 0.0418. The van der Waals surface area contributed by atoms with E-state index in [1.54, 1.807) is 0 Å². The van der Waals surface area contributed by atoms with E-state index in [1.807, 2.05) is 57.6 Å². The molecule has 0 heterocycles. The summed E-state index contributed by atoms with van der Waals surface area (Å²) in [5.41, 5.74) is 0. The summed E-state index contributed by atoms with van der Waals surface area (Å²) in [7, 11) is 5.51. The molecular weight excluding hydrogens is 751 g/mol. The van der Waals surface area contributed by atoms with Gasteiger partial charge in [-0.25, -0.2) is 4.79 Å². The molecule has 0 aromatic carbocycles. The molecule has 0 fully saturated rings. The van der Waals surface area contributed by atoms with Crippen LogP contribution in [-0.4, -0.2) is 80.6 Å². The summed E-state index contributed by atoms with van der Waals surface area (Å²) in [6.45, 7) is 4.56. The highest BCUT2D eigenvalue weighted by molar-refractivity contribution is 5.72. The highest BCUT2D eigenvalue weighted by atomic mass is 16.6. The van der Waals surface area contributed by atoms with Crippen LogP contribution in [0.4, 0.5) is 0 Å². The smallest absolute Gasteiger partial charge is 0.362 e. The van der Waals surface area contributed by atoms with Gasteiger partial charge < -0.3 is 23.8 Å². The molecule has 0 aliphatic heterocycles. The van der Waals surface area contributed by atoms with Crippen LogP contribution in [0.2, 0.25) is 0 Å². The van der Waals surface area contributed by atoms with Crippen molar-refractivity contribution in [3.63, 3.8) is 0 Å². The highest BCUT2D eigenvalue weighted by Gasteiger charge is 2.31. The van der Waals surface area contributed by atoms with E-state index in [1.165, 1.54) is 116 Å². The fourth-order valence-electron chi connectivity index (χ4n) is 6.98. The number of hydrogen-bond acceptors (Lipinski definition) is 6. The van der Waals surface area contributed by atoms with Gasteiger partial charge in [-0.15, -0.1) is 0 Å². The maximum absolute atomic E-state index is 12.7. The largest absolute Gasteiger partial charge is 0.477 e. The predicted octanol–water partition coefficient (Wildman–Crippen LogP) is 13.8. The second-order valence-electron chi connectivity index (χ2n) is 17.4. The van der Waals surface area contributed by atoms with Crippen LogP contribution in [0.15, 0.2) is 60.8 Å². The summed E-state index contributed by atoms with van der Waals surface area (Å²) < 4.78 is 17.3. The molecule has 0 aromatic heterocycles. The number of ether oxygens (including phenoxy) is 3. The normalized spacial score (nSPS) is 13.4. The lowest BCUT2D eigenvalue weighted by Gasteiger charge is -2.31. The zero-order valence-electron chi connectivity index (χ0n) is 39.4. The van der Waals surface area contributed by atoms with Crippen molar-refractivity contribution in [3.05, 3.63) is 60.8 Å². The van der Waals surface area contributed by atoms with Crippen molar-refractivity contribution in [2.45, 2.75) is 212 Å². The van der Waals surface area contributed by atoms with E-state index in [0.29, 0.717) is 19.3 Å². The van der Waals surface area contributed by atoms with Gasteiger partial charge in [-0.1, -0.05) is 184 Å². The molecular formula is C52H92NO7+. The Morgan fingerprint density at radius 1 is 0.517 bits per heavy atom. The number of quaternary nitrogens is 1. The first kappa shape index (κ1) is 57.0. The summed E-state index contributed by atoms with van der Waals surface area (Å²) in [5.74, 6) is -1.53. The number of hydrogen-bond donors (Lipinski definition) is 1. The number of carboxylic acids is 1. The van der Waals surface area contributed by atoms with E-state index in [9.17, 15) is 19.5 Å². The monoisotopic (exact) mass is 843 g/mol. The van der Waals surface area contributed by atoms with Crippen LogP contribution in [0.1, 0.15) is 200 Å². The zero-order valence-corrected chi connectivity index (χ0v) is 39.4. The van der Waals surface area contributed by atoms with E-state index in [2.05, 4.69) is 38.2 Å². The van der Waals surface area contributed by atoms with Gasteiger partial charge >= 0.3 is 17.9 Å². The van der Waals surface area contributed by atoms with E-state index in [4.69, 9.17) is 14.2 Å². The average Bonchev–Trinajstić information content (AvgIpc) is 3.21. The molecule has 0 aliphatic rings. The van der Waals surface area contributed by atoms with Crippen LogP contribution in [0.5, 0.6) is 0 Å². The molecule has 0 radical (unpaired) electrons. The molecule has 0 spiro atoms. The lowest BCUT2D eigenvalue weighted by atomic mass is 10.0. The van der Waals surface area contributed by atoms with Crippen molar-refractivity contribution in [2.75, 3.05) is 41.0 Å². The van der Waals surface area contributed by atoms with Gasteiger partial charge in [-0.05, 0) is 57.8 Å². The summed E-state index contributed by atoms with van der Waals surface area (Å²) in [6, 6.07) is -0.625. The highest BCUT2D eigenvalue weighted by Crippen LogP contribution is 2.15. The molecule has 0 rings (SSSR count). The first-order chi connectivity index (χ1) is 29.1. The Balaban J connectivity index is 4.24. The maximum Gasteiger partial charge on any atom is 0.362 e. The number of esters is 2. The Bertz CT molecular complexity index is 1170. The Morgan fingerprint density at radius 3 is 1.45 bits per heavy atom. The number of allylic oxidation sites excluding steroid dienone is 10. The van der Waals surface area contributed by atoms with Gasteiger partial charge in [0.25, 0.3) is 0 Å². The number of unbranched alkanes of at least 4 members (excludes halogenated alkanes) is 22. The van der Waals surface area contributed by atoms with Gasteiger partial charge in [0.15, 0.2) is 12.1 Å². The quantitative estimate of drug-likeness (QED) is 0.0215. The van der Waals surface area contributed by atoms with E-state index >= 15 is 0 Å². The molecule has 0 bridgehead atoms. The molecule has 2 atom stereocenters. The molecule has 0 saturated carbocycles. The number of aliphatic carboxylic acids is 1. The van der Waals surface area contributed by atoms with Gasteiger partial charge in [0, 0.05) is 19.3 Å². The minimum Gasteiger partial charge on any atom is -0.477 e. The van der Waals surface area contributed by atoms with Gasteiger partial charge in [0.2, 0.25) is 0 Å². The molecule has 0 saturated heterocycles. The second-order valence-corrected chi connectivity index (χ2v) is 17.4. The molecule has 8 nitrogen and oxygen atoms in total. The van der Waals surface area contributed by atoms with Crippen molar-refractivity contribution in [3.8, 4) is 0 Å². The van der Waals surface area contributed by atoms with Crippen LogP contribution in [-0.2, 0) is 28.6 Å². The fourth-order valence-corrected chi connectivity index (χ4v) is 6.98. The fraction of sp³-hybridized carbons (Fsp3) is 0.750. The van der Waals surface area contributed by atoms with Crippen LogP contribution in [0, 0.1) is 0 Å². The number of nitrogens with zero attached hydrogens (tertiary/aromatic N) is 1. The third kappa shape index (κ3) is 40.4. The van der Waals surface area contributed by atoms with Crippen LogP contribution in [0.3, 0.4) is 0 Å². The number of carbonyl (C=O) groups excluding carboxylic acids is 2. The summed E-state index contributed by atoms with van der Waals surface area (Å²) >= 11 is 0. The molecule has 60 heavy (non-hydrogen) atoms. The first-order valence-corrected chi connectivity index (χ1v) is 24.4. The predicted molar refractivity (Wildman–Crippen MR) is 252 cm³/mol. The van der Waals surface area contributed by atoms with E-state index < -0.39 is 18.1 Å². The van der Waals surface area contributed by atoms with Crippen LogP contribution in [0.25, 0.3) is 0 Å². The van der Waals surface area contributed by atoms with Crippen LogP contribution >= 0.6 is 0 Å². The van der Waals surface area contributed by atoms with Gasteiger partial charge in [0.1, 0.15) is 6.61 Å². The number of rotatable bonds is 43.